The molecule has 2 aromatic rings. The summed E-state index contributed by atoms with van der Waals surface area (Å²) in [6, 6.07) is 14.1. The molecule has 1 aliphatic heterocycles. The van der Waals surface area contributed by atoms with E-state index < -0.39 is 10.0 Å². The summed E-state index contributed by atoms with van der Waals surface area (Å²) in [6.45, 7) is 4.09. The molecule has 8 heteroatoms. The Morgan fingerprint density at radius 1 is 1.07 bits per heavy atom. The first kappa shape index (κ1) is 19.3. The highest BCUT2D eigenvalue weighted by molar-refractivity contribution is 7.92. The van der Waals surface area contributed by atoms with Crippen LogP contribution in [-0.4, -0.2) is 51.8 Å². The van der Waals surface area contributed by atoms with E-state index in [1.54, 1.807) is 18.2 Å². The number of sulfonamides is 1. The number of hydrogen-bond acceptors (Lipinski definition) is 5. The maximum absolute atomic E-state index is 12.5. The molecule has 7 nitrogen and oxygen atoms in total. The summed E-state index contributed by atoms with van der Waals surface area (Å²) >= 11 is 0. The van der Waals surface area contributed by atoms with Crippen LogP contribution in [0.1, 0.15) is 15.9 Å². The van der Waals surface area contributed by atoms with E-state index in [4.69, 9.17) is 4.74 Å². The van der Waals surface area contributed by atoms with Gasteiger partial charge in [0.1, 0.15) is 0 Å². The molecule has 1 fully saturated rings. The molecule has 0 aromatic heterocycles. The lowest BCUT2D eigenvalue weighted by Gasteiger charge is -2.26. The van der Waals surface area contributed by atoms with Gasteiger partial charge in [0, 0.05) is 36.6 Å². The van der Waals surface area contributed by atoms with Crippen LogP contribution >= 0.6 is 0 Å². The lowest BCUT2D eigenvalue weighted by atomic mass is 10.1. The van der Waals surface area contributed by atoms with Crippen LogP contribution in [0.25, 0.3) is 0 Å². The van der Waals surface area contributed by atoms with Crippen molar-refractivity contribution in [1.29, 1.82) is 0 Å². The average molecular weight is 389 g/mol. The van der Waals surface area contributed by atoms with Gasteiger partial charge in [-0.15, -0.1) is 0 Å². The van der Waals surface area contributed by atoms with Crippen LogP contribution in [0.4, 0.5) is 11.4 Å². The van der Waals surface area contributed by atoms with Crippen molar-refractivity contribution >= 4 is 27.3 Å². The van der Waals surface area contributed by atoms with E-state index in [2.05, 4.69) is 14.9 Å². The highest BCUT2D eigenvalue weighted by atomic mass is 32.2. The third kappa shape index (κ3) is 6.06. The van der Waals surface area contributed by atoms with E-state index in [1.165, 1.54) is 6.07 Å². The number of morpholine rings is 1. The van der Waals surface area contributed by atoms with Crippen molar-refractivity contribution in [2.24, 2.45) is 0 Å². The molecule has 27 heavy (non-hydrogen) atoms. The van der Waals surface area contributed by atoms with Crippen molar-refractivity contribution in [3.63, 3.8) is 0 Å². The maximum Gasteiger partial charge on any atom is 0.255 e. The predicted molar refractivity (Wildman–Crippen MR) is 105 cm³/mol. The molecule has 0 unspecified atom stereocenters. The molecule has 0 bridgehead atoms. The van der Waals surface area contributed by atoms with Gasteiger partial charge >= 0.3 is 0 Å². The van der Waals surface area contributed by atoms with Crippen LogP contribution in [0.5, 0.6) is 0 Å². The lowest BCUT2D eigenvalue weighted by Crippen LogP contribution is -2.35. The maximum atomic E-state index is 12.5. The summed E-state index contributed by atoms with van der Waals surface area (Å²) < 4.78 is 30.4. The molecule has 2 N–H and O–H groups in total. The predicted octanol–water partition coefficient (Wildman–Crippen LogP) is 2.14. The fourth-order valence-electron chi connectivity index (χ4n) is 2.91. The van der Waals surface area contributed by atoms with Gasteiger partial charge in [-0.25, -0.2) is 8.42 Å². The van der Waals surface area contributed by atoms with Crippen molar-refractivity contribution in [1.82, 2.24) is 4.90 Å². The molecule has 0 saturated carbocycles. The van der Waals surface area contributed by atoms with E-state index >= 15 is 0 Å². The van der Waals surface area contributed by atoms with Crippen LogP contribution in [0.3, 0.4) is 0 Å². The van der Waals surface area contributed by atoms with E-state index in [1.807, 2.05) is 24.3 Å². The fourth-order valence-corrected chi connectivity index (χ4v) is 3.46. The zero-order chi connectivity index (χ0) is 19.3. The number of carbonyl (C=O) groups is 1. The van der Waals surface area contributed by atoms with Crippen molar-refractivity contribution in [3.8, 4) is 0 Å². The van der Waals surface area contributed by atoms with Crippen molar-refractivity contribution in [3.05, 3.63) is 59.7 Å². The number of rotatable bonds is 6. The Hall–Kier alpha value is -2.42. The molecule has 3 rings (SSSR count). The molecular formula is C19H23N3O4S. The van der Waals surface area contributed by atoms with Gasteiger partial charge in [0.15, 0.2) is 0 Å². The summed E-state index contributed by atoms with van der Waals surface area (Å²) in [5.74, 6) is -0.296. The average Bonchev–Trinajstić information content (AvgIpc) is 2.62. The molecule has 1 saturated heterocycles. The number of ether oxygens (including phenoxy) is 1. The molecule has 1 amide bonds. The van der Waals surface area contributed by atoms with Crippen molar-refractivity contribution < 1.29 is 17.9 Å². The largest absolute Gasteiger partial charge is 0.379 e. The number of nitrogens with zero attached hydrogens (tertiary/aromatic N) is 1. The third-order valence-corrected chi connectivity index (χ3v) is 4.73. The number of nitrogens with one attached hydrogen (secondary N) is 2. The minimum absolute atomic E-state index is 0.296. The first-order chi connectivity index (χ1) is 12.9. The van der Waals surface area contributed by atoms with Gasteiger partial charge < -0.3 is 10.1 Å². The molecule has 0 atom stereocenters. The van der Waals surface area contributed by atoms with Gasteiger partial charge in [0.25, 0.3) is 5.91 Å². The number of anilines is 2. The van der Waals surface area contributed by atoms with Gasteiger partial charge in [-0.3, -0.25) is 14.4 Å². The van der Waals surface area contributed by atoms with Crippen molar-refractivity contribution in [2.75, 3.05) is 42.6 Å². The second-order valence-corrected chi connectivity index (χ2v) is 8.25. The molecule has 144 valence electrons. The Morgan fingerprint density at radius 2 is 1.78 bits per heavy atom. The van der Waals surface area contributed by atoms with Gasteiger partial charge in [-0.2, -0.15) is 0 Å². The molecule has 1 aliphatic rings. The van der Waals surface area contributed by atoms with Crippen LogP contribution < -0.4 is 10.0 Å². The van der Waals surface area contributed by atoms with E-state index in [0.717, 1.165) is 44.7 Å². The number of benzene rings is 2. The van der Waals surface area contributed by atoms with E-state index in [0.29, 0.717) is 16.9 Å². The summed E-state index contributed by atoms with van der Waals surface area (Å²) in [7, 11) is -3.39. The number of amides is 1. The molecule has 0 spiro atoms. The quantitative estimate of drug-likeness (QED) is 0.790. The Morgan fingerprint density at radius 3 is 2.52 bits per heavy atom. The Balaban J connectivity index is 1.67. The summed E-state index contributed by atoms with van der Waals surface area (Å²) in [5, 5.41) is 2.87. The van der Waals surface area contributed by atoms with E-state index in [9.17, 15) is 13.2 Å². The van der Waals surface area contributed by atoms with Gasteiger partial charge in [-0.1, -0.05) is 18.2 Å². The summed E-state index contributed by atoms with van der Waals surface area (Å²) in [4.78, 5) is 14.8. The number of carbonyl (C=O) groups excluding carboxylic acids is 1. The lowest BCUT2D eigenvalue weighted by molar-refractivity contribution is 0.0342. The Bertz CT molecular complexity index is 909. The molecule has 0 radical (unpaired) electrons. The second kappa shape index (κ2) is 8.51. The first-order valence-corrected chi connectivity index (χ1v) is 10.6. The van der Waals surface area contributed by atoms with Gasteiger partial charge in [0.2, 0.25) is 10.0 Å². The third-order valence-electron chi connectivity index (χ3n) is 4.12. The molecule has 1 heterocycles. The van der Waals surface area contributed by atoms with Gasteiger partial charge in [-0.05, 0) is 35.9 Å². The molecule has 0 aliphatic carbocycles. The fraction of sp³-hybridized carbons (Fsp3) is 0.316. The van der Waals surface area contributed by atoms with Crippen LogP contribution in [-0.2, 0) is 21.3 Å². The summed E-state index contributed by atoms with van der Waals surface area (Å²) in [5.41, 5.74) is 2.54. The minimum atomic E-state index is -3.39. The van der Waals surface area contributed by atoms with Crippen LogP contribution in [0, 0.1) is 0 Å². The van der Waals surface area contributed by atoms with Crippen molar-refractivity contribution in [2.45, 2.75) is 6.54 Å². The summed E-state index contributed by atoms with van der Waals surface area (Å²) in [6.07, 6.45) is 1.07. The normalized spacial score (nSPS) is 15.3. The zero-order valence-electron chi connectivity index (χ0n) is 15.1. The van der Waals surface area contributed by atoms with Crippen LogP contribution in [0.2, 0.25) is 0 Å². The monoisotopic (exact) mass is 389 g/mol. The second-order valence-electron chi connectivity index (χ2n) is 6.50. The zero-order valence-corrected chi connectivity index (χ0v) is 16.0. The highest BCUT2D eigenvalue weighted by Crippen LogP contribution is 2.17. The van der Waals surface area contributed by atoms with Crippen LogP contribution in [0.15, 0.2) is 48.5 Å². The smallest absolute Gasteiger partial charge is 0.255 e. The molecule has 2 aromatic carbocycles. The number of hydrogen-bond donors (Lipinski definition) is 2. The first-order valence-electron chi connectivity index (χ1n) is 8.67. The molecular weight excluding hydrogens is 366 g/mol. The van der Waals surface area contributed by atoms with Gasteiger partial charge in [0.05, 0.1) is 19.5 Å². The highest BCUT2D eigenvalue weighted by Gasteiger charge is 2.12. The Kier molecular flexibility index (Phi) is 6.10. The Labute approximate surface area is 159 Å². The standard InChI is InChI=1S/C19H23N3O4S/c1-27(24,25)21-18-7-3-5-16(13-18)19(23)20-17-6-2-4-15(12-17)14-22-8-10-26-11-9-22/h2-7,12-13,21H,8-11,14H2,1H3,(H,20,23). The SMILES string of the molecule is CS(=O)(=O)Nc1cccc(C(=O)Nc2cccc(CN3CCOCC3)c2)c1. The van der Waals surface area contributed by atoms with E-state index in [-0.39, 0.29) is 5.91 Å². The topological polar surface area (TPSA) is 87.7 Å². The minimum Gasteiger partial charge on any atom is -0.379 e.